The summed E-state index contributed by atoms with van der Waals surface area (Å²) >= 11 is 1.32. The van der Waals surface area contributed by atoms with E-state index in [-0.39, 0.29) is 0 Å². The van der Waals surface area contributed by atoms with Gasteiger partial charge in [0.1, 0.15) is 10.8 Å². The van der Waals surface area contributed by atoms with Crippen LogP contribution in [0, 0.1) is 12.3 Å². The quantitative estimate of drug-likeness (QED) is 0.369. The van der Waals surface area contributed by atoms with Crippen LogP contribution in [-0.2, 0) is 11.2 Å². The van der Waals surface area contributed by atoms with Crippen molar-refractivity contribution in [3.8, 4) is 22.9 Å². The molecule has 0 aliphatic heterocycles. The van der Waals surface area contributed by atoms with Gasteiger partial charge in [0.15, 0.2) is 11.5 Å². The zero-order valence-corrected chi connectivity index (χ0v) is 19.6. The Morgan fingerprint density at radius 1 is 1.12 bits per heavy atom. The highest BCUT2D eigenvalue weighted by Crippen LogP contribution is 2.34. The zero-order valence-electron chi connectivity index (χ0n) is 18.8. The molecule has 0 unspecified atom stereocenters. The Morgan fingerprint density at radius 3 is 2.44 bits per heavy atom. The van der Waals surface area contributed by atoms with Crippen molar-refractivity contribution in [3.63, 3.8) is 0 Å². The van der Waals surface area contributed by atoms with E-state index >= 15 is 0 Å². The Hall–Kier alpha value is -3.17. The Morgan fingerprint density at radius 2 is 1.88 bits per heavy atom. The summed E-state index contributed by atoms with van der Waals surface area (Å²) in [6.07, 6.45) is 2.49. The summed E-state index contributed by atoms with van der Waals surface area (Å²) in [5.41, 5.74) is 3.77. The Balaban J connectivity index is 2.04. The fraction of sp³-hybridized carbons (Fsp3) is 0.304. The molecule has 1 N–H and O–H groups in total. The minimum Gasteiger partial charge on any atom is -0.493 e. The van der Waals surface area contributed by atoms with Crippen LogP contribution in [0.25, 0.3) is 11.4 Å². The van der Waals surface area contributed by atoms with E-state index in [9.17, 15) is 0 Å². The van der Waals surface area contributed by atoms with E-state index in [1.165, 1.54) is 11.8 Å². The fourth-order valence-corrected chi connectivity index (χ4v) is 3.51. The maximum absolute atomic E-state index is 8.50. The molecular weight excluding hydrogens is 428 g/mol. The van der Waals surface area contributed by atoms with E-state index < -0.39 is 0 Å². The van der Waals surface area contributed by atoms with Gasteiger partial charge in [-0.1, -0.05) is 5.16 Å². The van der Waals surface area contributed by atoms with Crippen molar-refractivity contribution < 1.29 is 18.7 Å². The van der Waals surface area contributed by atoms with Gasteiger partial charge < -0.3 is 18.7 Å². The molecular formula is C23H26N4O4S. The molecule has 0 radical (unpaired) electrons. The van der Waals surface area contributed by atoms with Gasteiger partial charge >= 0.3 is 0 Å². The summed E-state index contributed by atoms with van der Waals surface area (Å²) < 4.78 is 21.4. The molecule has 0 aliphatic carbocycles. The predicted molar refractivity (Wildman–Crippen MR) is 127 cm³/mol. The van der Waals surface area contributed by atoms with E-state index in [0.29, 0.717) is 52.7 Å². The second kappa shape index (κ2) is 10.9. The number of benzene rings is 2. The van der Waals surface area contributed by atoms with E-state index in [2.05, 4.69) is 10.1 Å². The number of hydrogen-bond acceptors (Lipinski definition) is 9. The molecule has 0 amide bonds. The summed E-state index contributed by atoms with van der Waals surface area (Å²) in [7, 11) is 4.86. The molecule has 8 nitrogen and oxygen atoms in total. The highest BCUT2D eigenvalue weighted by molar-refractivity contribution is 8.15. The van der Waals surface area contributed by atoms with E-state index in [0.717, 1.165) is 16.7 Å². The highest BCUT2D eigenvalue weighted by atomic mass is 32.2. The number of aromatic nitrogens is 2. The van der Waals surface area contributed by atoms with Gasteiger partial charge in [-0.25, -0.2) is 4.99 Å². The summed E-state index contributed by atoms with van der Waals surface area (Å²) in [5.74, 6) is 2.27. The van der Waals surface area contributed by atoms with Crippen LogP contribution in [0.3, 0.4) is 0 Å². The van der Waals surface area contributed by atoms with Gasteiger partial charge in [-0.05, 0) is 49.1 Å². The molecule has 1 heterocycles. The molecule has 0 saturated carbocycles. The molecule has 0 bridgehead atoms. The molecule has 3 rings (SSSR count). The van der Waals surface area contributed by atoms with Crippen molar-refractivity contribution in [3.05, 3.63) is 53.4 Å². The Labute approximate surface area is 191 Å². The van der Waals surface area contributed by atoms with Gasteiger partial charge in [-0.15, -0.1) is 11.8 Å². The van der Waals surface area contributed by atoms with Crippen LogP contribution in [0.4, 0.5) is 5.69 Å². The van der Waals surface area contributed by atoms with Crippen LogP contribution in [0.15, 0.2) is 45.9 Å². The lowest BCUT2D eigenvalue weighted by atomic mass is 10.0. The molecule has 1 aromatic heterocycles. The predicted octanol–water partition coefficient (Wildman–Crippen LogP) is 4.71. The topological polar surface area (TPSA) is 103 Å². The fourth-order valence-electron chi connectivity index (χ4n) is 3.15. The van der Waals surface area contributed by atoms with Crippen molar-refractivity contribution in [2.75, 3.05) is 34.2 Å². The average molecular weight is 455 g/mol. The highest BCUT2D eigenvalue weighted by Gasteiger charge is 2.18. The van der Waals surface area contributed by atoms with Gasteiger partial charge in [0.2, 0.25) is 11.7 Å². The van der Waals surface area contributed by atoms with Crippen molar-refractivity contribution >= 4 is 28.2 Å². The molecule has 32 heavy (non-hydrogen) atoms. The van der Waals surface area contributed by atoms with E-state index in [1.807, 2.05) is 42.7 Å². The number of nitrogens with one attached hydrogen (secondary N) is 1. The zero-order chi connectivity index (χ0) is 23.1. The minimum absolute atomic E-state index is 0.341. The second-order valence-corrected chi connectivity index (χ2v) is 7.61. The van der Waals surface area contributed by atoms with Crippen molar-refractivity contribution in [2.45, 2.75) is 13.3 Å². The van der Waals surface area contributed by atoms with Crippen molar-refractivity contribution in [1.29, 1.82) is 5.41 Å². The minimum atomic E-state index is 0.341. The molecule has 0 atom stereocenters. The molecule has 2 aromatic carbocycles. The third-order valence-corrected chi connectivity index (χ3v) is 5.32. The monoisotopic (exact) mass is 454 g/mol. The number of aryl methyl sites for hydroxylation is 1. The smallest absolute Gasteiger partial charge is 0.223 e. The lowest BCUT2D eigenvalue weighted by Crippen LogP contribution is -2.12. The van der Waals surface area contributed by atoms with Crippen LogP contribution in [0.2, 0.25) is 0 Å². The second-order valence-electron chi connectivity index (χ2n) is 6.79. The molecule has 0 fully saturated rings. The first-order valence-electron chi connectivity index (χ1n) is 9.87. The van der Waals surface area contributed by atoms with Crippen LogP contribution in [0.1, 0.15) is 17.0 Å². The molecule has 9 heteroatoms. The average Bonchev–Trinajstić information content (AvgIpc) is 3.26. The number of rotatable bonds is 9. The van der Waals surface area contributed by atoms with Crippen LogP contribution >= 0.6 is 11.8 Å². The van der Waals surface area contributed by atoms with Crippen LogP contribution in [-0.4, -0.2) is 55.1 Å². The maximum atomic E-state index is 8.50. The van der Waals surface area contributed by atoms with Crippen LogP contribution < -0.4 is 9.47 Å². The number of nitrogens with zero attached hydrogens (tertiary/aromatic N) is 3. The number of hydrogen-bond donors (Lipinski definition) is 1. The first-order chi connectivity index (χ1) is 15.5. The number of methoxy groups -OCH3 is 3. The number of thioether (sulfide) groups is 1. The van der Waals surface area contributed by atoms with E-state index in [1.54, 1.807) is 28.3 Å². The first-order valence-corrected chi connectivity index (χ1v) is 11.1. The molecule has 0 saturated heterocycles. The van der Waals surface area contributed by atoms with Gasteiger partial charge in [-0.3, -0.25) is 5.41 Å². The third kappa shape index (κ3) is 5.35. The van der Waals surface area contributed by atoms with Crippen LogP contribution in [0.5, 0.6) is 11.5 Å². The Kier molecular flexibility index (Phi) is 8.02. The summed E-state index contributed by atoms with van der Waals surface area (Å²) in [5, 5.41) is 12.8. The van der Waals surface area contributed by atoms with Gasteiger partial charge in [0.05, 0.1) is 26.5 Å². The third-order valence-electron chi connectivity index (χ3n) is 4.72. The number of aliphatic imine (C=N–C) groups is 1. The van der Waals surface area contributed by atoms with E-state index in [4.69, 9.17) is 29.1 Å². The summed E-state index contributed by atoms with van der Waals surface area (Å²) in [4.78, 5) is 9.01. The summed E-state index contributed by atoms with van der Waals surface area (Å²) in [6, 6.07) is 11.3. The van der Waals surface area contributed by atoms with Gasteiger partial charge in [0.25, 0.3) is 0 Å². The Bertz CT molecular complexity index is 1110. The number of ether oxygens (including phenoxy) is 3. The molecule has 0 spiro atoms. The molecule has 168 valence electrons. The van der Waals surface area contributed by atoms with Gasteiger partial charge in [-0.2, -0.15) is 4.98 Å². The first kappa shape index (κ1) is 23.5. The molecule has 3 aromatic rings. The lowest BCUT2D eigenvalue weighted by molar-refractivity contribution is 0.201. The van der Waals surface area contributed by atoms with Crippen molar-refractivity contribution in [1.82, 2.24) is 10.1 Å². The largest absolute Gasteiger partial charge is 0.493 e. The van der Waals surface area contributed by atoms with Gasteiger partial charge in [0, 0.05) is 30.7 Å². The lowest BCUT2D eigenvalue weighted by Gasteiger charge is -2.16. The SMILES string of the molecule is COCCc1cc(C(=Nc2ccc(-c3noc(C)n3)cc2)C(=N)SC)cc(OC)c1OC. The summed E-state index contributed by atoms with van der Waals surface area (Å²) in [6.45, 7) is 2.28. The van der Waals surface area contributed by atoms with Crippen molar-refractivity contribution in [2.24, 2.45) is 4.99 Å². The normalized spacial score (nSPS) is 11.5. The molecule has 0 aliphatic rings. The maximum Gasteiger partial charge on any atom is 0.223 e. The standard InChI is InChI=1S/C23H26N4O4S/c1-14-25-23(27-31-14)15-6-8-18(9-7-15)26-20(22(24)32-5)17-12-16(10-11-28-2)21(30-4)19(13-17)29-3/h6-9,12-13,24H,10-11H2,1-5H3.